The van der Waals surface area contributed by atoms with E-state index in [-0.39, 0.29) is 11.9 Å². The Kier molecular flexibility index (Phi) is 4.28. The highest BCUT2D eigenvalue weighted by Crippen LogP contribution is 2.29. The van der Waals surface area contributed by atoms with Gasteiger partial charge in [0.15, 0.2) is 0 Å². The Bertz CT molecular complexity index is 610. The molecule has 0 heterocycles. The molecule has 2 rings (SSSR count). The number of halogens is 1. The van der Waals surface area contributed by atoms with Crippen molar-refractivity contribution >= 4 is 5.69 Å². The number of anilines is 1. The average molecular weight is 273 g/mol. The summed E-state index contributed by atoms with van der Waals surface area (Å²) in [5.74, 6) is 0.681. The summed E-state index contributed by atoms with van der Waals surface area (Å²) in [6.07, 6.45) is 0. The summed E-state index contributed by atoms with van der Waals surface area (Å²) < 4.78 is 18.7. The molecule has 2 aromatic carbocycles. The van der Waals surface area contributed by atoms with Gasteiger partial charge in [-0.05, 0) is 56.2 Å². The van der Waals surface area contributed by atoms with Crippen molar-refractivity contribution in [3.05, 3.63) is 58.9 Å². The Labute approximate surface area is 119 Å². The van der Waals surface area contributed by atoms with E-state index in [0.717, 1.165) is 22.6 Å². The summed E-state index contributed by atoms with van der Waals surface area (Å²) in [5.41, 5.74) is 3.78. The smallest absolute Gasteiger partial charge is 0.126 e. The molecule has 0 radical (unpaired) electrons. The number of hydrogen-bond acceptors (Lipinski definition) is 2. The average Bonchev–Trinajstić information content (AvgIpc) is 2.42. The van der Waals surface area contributed by atoms with Crippen LogP contribution in [0.25, 0.3) is 0 Å². The number of ether oxygens (including phenoxy) is 1. The van der Waals surface area contributed by atoms with Crippen LogP contribution in [0.5, 0.6) is 5.75 Å². The molecule has 0 aliphatic heterocycles. The van der Waals surface area contributed by atoms with Crippen LogP contribution in [0.1, 0.15) is 29.7 Å². The topological polar surface area (TPSA) is 21.3 Å². The minimum absolute atomic E-state index is 0.0791. The summed E-state index contributed by atoms with van der Waals surface area (Å²) in [4.78, 5) is 0. The van der Waals surface area contributed by atoms with Crippen LogP contribution < -0.4 is 10.1 Å². The van der Waals surface area contributed by atoms with Crippen LogP contribution >= 0.6 is 0 Å². The quantitative estimate of drug-likeness (QED) is 0.877. The Morgan fingerprint density at radius 3 is 2.50 bits per heavy atom. The molecular formula is C17H20FNO. The first-order valence-electron chi connectivity index (χ1n) is 6.68. The molecule has 1 unspecified atom stereocenters. The summed E-state index contributed by atoms with van der Waals surface area (Å²) in [6, 6.07) is 11.3. The van der Waals surface area contributed by atoms with E-state index in [1.54, 1.807) is 20.1 Å². The van der Waals surface area contributed by atoms with Crippen LogP contribution in [0.15, 0.2) is 36.4 Å². The normalized spacial score (nSPS) is 12.1. The maximum atomic E-state index is 13.3. The van der Waals surface area contributed by atoms with Gasteiger partial charge in [-0.3, -0.25) is 0 Å². The second-order valence-corrected chi connectivity index (χ2v) is 5.08. The van der Waals surface area contributed by atoms with E-state index in [2.05, 4.69) is 24.4 Å². The lowest BCUT2D eigenvalue weighted by Gasteiger charge is -2.19. The number of hydrogen-bond donors (Lipinski definition) is 1. The standard InChI is InChI=1S/C17H20FNO/c1-11-5-7-15(17(9-11)20-4)13(3)19-14-6-8-16(18)12(2)10-14/h5-10,13,19H,1-4H3. The van der Waals surface area contributed by atoms with E-state index in [4.69, 9.17) is 4.74 Å². The van der Waals surface area contributed by atoms with E-state index < -0.39 is 0 Å². The molecule has 2 aromatic rings. The van der Waals surface area contributed by atoms with Crippen molar-refractivity contribution < 1.29 is 9.13 Å². The zero-order valence-corrected chi connectivity index (χ0v) is 12.3. The van der Waals surface area contributed by atoms with Gasteiger partial charge in [0.1, 0.15) is 11.6 Å². The lowest BCUT2D eigenvalue weighted by Crippen LogP contribution is -2.08. The number of rotatable bonds is 4. The Hall–Kier alpha value is -2.03. The van der Waals surface area contributed by atoms with Crippen LogP contribution in [0.2, 0.25) is 0 Å². The van der Waals surface area contributed by atoms with Gasteiger partial charge in [0.05, 0.1) is 13.2 Å². The molecule has 2 nitrogen and oxygen atoms in total. The minimum atomic E-state index is -0.184. The third kappa shape index (κ3) is 3.10. The SMILES string of the molecule is COc1cc(C)ccc1C(C)Nc1ccc(F)c(C)c1. The summed E-state index contributed by atoms with van der Waals surface area (Å²) >= 11 is 0. The molecular weight excluding hydrogens is 253 g/mol. The maximum Gasteiger partial charge on any atom is 0.126 e. The van der Waals surface area contributed by atoms with Gasteiger partial charge in [-0.25, -0.2) is 4.39 Å². The first-order chi connectivity index (χ1) is 9.51. The molecule has 1 atom stereocenters. The fourth-order valence-corrected chi connectivity index (χ4v) is 2.24. The Morgan fingerprint density at radius 1 is 1.10 bits per heavy atom. The lowest BCUT2D eigenvalue weighted by molar-refractivity contribution is 0.407. The number of benzene rings is 2. The summed E-state index contributed by atoms with van der Waals surface area (Å²) in [5, 5.41) is 3.37. The van der Waals surface area contributed by atoms with Gasteiger partial charge in [0, 0.05) is 11.3 Å². The first kappa shape index (κ1) is 14.4. The Balaban J connectivity index is 2.23. The van der Waals surface area contributed by atoms with Crippen molar-refractivity contribution in [2.75, 3.05) is 12.4 Å². The van der Waals surface area contributed by atoms with Crippen molar-refractivity contribution in [2.24, 2.45) is 0 Å². The number of methoxy groups -OCH3 is 1. The summed E-state index contributed by atoms with van der Waals surface area (Å²) in [6.45, 7) is 5.86. The second kappa shape index (κ2) is 5.95. The third-order valence-electron chi connectivity index (χ3n) is 3.40. The fourth-order valence-electron chi connectivity index (χ4n) is 2.24. The molecule has 0 fully saturated rings. The van der Waals surface area contributed by atoms with Gasteiger partial charge < -0.3 is 10.1 Å². The molecule has 0 saturated carbocycles. The van der Waals surface area contributed by atoms with E-state index in [9.17, 15) is 4.39 Å². The van der Waals surface area contributed by atoms with Crippen molar-refractivity contribution in [2.45, 2.75) is 26.8 Å². The van der Waals surface area contributed by atoms with Crippen molar-refractivity contribution in [1.82, 2.24) is 0 Å². The third-order valence-corrected chi connectivity index (χ3v) is 3.40. The van der Waals surface area contributed by atoms with Crippen LogP contribution in [0.3, 0.4) is 0 Å². The highest BCUT2D eigenvalue weighted by atomic mass is 19.1. The number of nitrogens with one attached hydrogen (secondary N) is 1. The molecule has 0 spiro atoms. The van der Waals surface area contributed by atoms with Gasteiger partial charge in [-0.2, -0.15) is 0 Å². The Morgan fingerprint density at radius 2 is 1.85 bits per heavy atom. The van der Waals surface area contributed by atoms with Gasteiger partial charge in [-0.15, -0.1) is 0 Å². The van der Waals surface area contributed by atoms with Crippen molar-refractivity contribution in [1.29, 1.82) is 0 Å². The predicted octanol–water partition coefficient (Wildman–Crippen LogP) is 4.62. The van der Waals surface area contributed by atoms with E-state index in [1.165, 1.54) is 6.07 Å². The largest absolute Gasteiger partial charge is 0.496 e. The molecule has 3 heteroatoms. The highest BCUT2D eigenvalue weighted by Gasteiger charge is 2.12. The zero-order valence-electron chi connectivity index (χ0n) is 12.3. The maximum absolute atomic E-state index is 13.3. The van der Waals surface area contributed by atoms with Gasteiger partial charge in [0.2, 0.25) is 0 Å². The molecule has 0 aromatic heterocycles. The molecule has 0 saturated heterocycles. The molecule has 0 aliphatic rings. The minimum Gasteiger partial charge on any atom is -0.496 e. The second-order valence-electron chi connectivity index (χ2n) is 5.08. The van der Waals surface area contributed by atoms with Crippen LogP contribution in [-0.2, 0) is 0 Å². The lowest BCUT2D eigenvalue weighted by atomic mass is 10.0. The monoisotopic (exact) mass is 273 g/mol. The fraction of sp³-hybridized carbons (Fsp3) is 0.294. The molecule has 20 heavy (non-hydrogen) atoms. The zero-order chi connectivity index (χ0) is 14.7. The molecule has 0 bridgehead atoms. The molecule has 106 valence electrons. The van der Waals surface area contributed by atoms with E-state index >= 15 is 0 Å². The molecule has 0 aliphatic carbocycles. The summed E-state index contributed by atoms with van der Waals surface area (Å²) in [7, 11) is 1.67. The van der Waals surface area contributed by atoms with Gasteiger partial charge in [0.25, 0.3) is 0 Å². The van der Waals surface area contributed by atoms with Crippen molar-refractivity contribution in [3.63, 3.8) is 0 Å². The van der Waals surface area contributed by atoms with Crippen molar-refractivity contribution in [3.8, 4) is 5.75 Å². The number of aryl methyl sites for hydroxylation is 2. The van der Waals surface area contributed by atoms with E-state index in [1.807, 2.05) is 19.1 Å². The van der Waals surface area contributed by atoms with Gasteiger partial charge in [-0.1, -0.05) is 12.1 Å². The van der Waals surface area contributed by atoms with Crippen LogP contribution in [-0.4, -0.2) is 7.11 Å². The molecule has 1 N–H and O–H groups in total. The van der Waals surface area contributed by atoms with Gasteiger partial charge >= 0.3 is 0 Å². The predicted molar refractivity (Wildman–Crippen MR) is 80.9 cm³/mol. The van der Waals surface area contributed by atoms with Crippen LogP contribution in [0.4, 0.5) is 10.1 Å². The highest BCUT2D eigenvalue weighted by molar-refractivity contribution is 5.50. The van der Waals surface area contributed by atoms with E-state index in [0.29, 0.717) is 5.56 Å². The molecule has 0 amide bonds. The first-order valence-corrected chi connectivity index (χ1v) is 6.68. The van der Waals surface area contributed by atoms with Crippen LogP contribution in [0, 0.1) is 19.7 Å².